The van der Waals surface area contributed by atoms with Crippen LogP contribution in [-0.2, 0) is 4.79 Å². The van der Waals surface area contributed by atoms with Gasteiger partial charge in [-0.3, -0.25) is 4.79 Å². The molecule has 0 unspecified atom stereocenters. The fourth-order valence-corrected chi connectivity index (χ4v) is 3.43. The third-order valence-corrected chi connectivity index (χ3v) is 4.24. The van der Waals surface area contributed by atoms with E-state index in [0.29, 0.717) is 27.2 Å². The summed E-state index contributed by atoms with van der Waals surface area (Å²) in [6.07, 6.45) is 1.37. The summed E-state index contributed by atoms with van der Waals surface area (Å²) in [6, 6.07) is 10.6. The van der Waals surface area contributed by atoms with Crippen LogP contribution in [0, 0.1) is 3.57 Å². The molecule has 0 heterocycles. The molecule has 6 nitrogen and oxygen atoms in total. The molecule has 0 spiro atoms. The monoisotopic (exact) mass is 518 g/mol. The first-order chi connectivity index (χ1) is 12.0. The lowest BCUT2D eigenvalue weighted by molar-refractivity contribution is -0.123. The summed E-state index contributed by atoms with van der Waals surface area (Å²) in [5.41, 5.74) is 2.84. The number of ether oxygens (including phenoxy) is 2. The molecule has 2 rings (SSSR count). The molecule has 0 aliphatic carbocycles. The van der Waals surface area contributed by atoms with Crippen molar-refractivity contribution in [1.29, 1.82) is 0 Å². The molecule has 2 aromatic carbocycles. The van der Waals surface area contributed by atoms with Gasteiger partial charge in [0.2, 0.25) is 0 Å². The van der Waals surface area contributed by atoms with Crippen molar-refractivity contribution in [3.05, 3.63) is 50.0 Å². The Morgan fingerprint density at radius 1 is 1.32 bits per heavy atom. The molecular formula is C17H16BrIN2O4. The van der Waals surface area contributed by atoms with Gasteiger partial charge in [0, 0.05) is 10.0 Å². The number of nitrogens with zero attached hydrogens (tertiary/aromatic N) is 1. The molecule has 0 aliphatic heterocycles. The Labute approximate surface area is 167 Å². The number of nitrogens with one attached hydrogen (secondary N) is 1. The highest BCUT2D eigenvalue weighted by Gasteiger charge is 2.08. The van der Waals surface area contributed by atoms with Gasteiger partial charge in [0.1, 0.15) is 5.75 Å². The third-order valence-electron chi connectivity index (χ3n) is 2.96. The van der Waals surface area contributed by atoms with Crippen molar-refractivity contribution in [2.24, 2.45) is 5.10 Å². The highest BCUT2D eigenvalue weighted by Crippen LogP contribution is 2.27. The number of phenolic OH excluding ortho intramolecular Hbond substituents is 1. The first-order valence-electron chi connectivity index (χ1n) is 7.35. The van der Waals surface area contributed by atoms with Gasteiger partial charge in [0.05, 0.1) is 16.4 Å². The average molecular weight is 519 g/mol. The second-order valence-electron chi connectivity index (χ2n) is 4.79. The maximum atomic E-state index is 11.8. The van der Waals surface area contributed by atoms with Gasteiger partial charge in [0.25, 0.3) is 5.91 Å². The zero-order valence-corrected chi connectivity index (χ0v) is 17.1. The zero-order valence-electron chi connectivity index (χ0n) is 13.3. The van der Waals surface area contributed by atoms with Crippen molar-refractivity contribution in [1.82, 2.24) is 5.43 Å². The predicted molar refractivity (Wildman–Crippen MR) is 107 cm³/mol. The molecule has 25 heavy (non-hydrogen) atoms. The summed E-state index contributed by atoms with van der Waals surface area (Å²) in [6.45, 7) is 2.17. The van der Waals surface area contributed by atoms with Gasteiger partial charge in [-0.05, 0) is 53.8 Å². The van der Waals surface area contributed by atoms with Crippen LogP contribution in [0.4, 0.5) is 0 Å². The minimum atomic E-state index is -0.424. The van der Waals surface area contributed by atoms with Gasteiger partial charge in [-0.25, -0.2) is 5.43 Å². The largest absolute Gasteiger partial charge is 0.506 e. The lowest BCUT2D eigenvalue weighted by Crippen LogP contribution is -2.24. The third kappa shape index (κ3) is 5.89. The molecule has 0 radical (unpaired) electrons. The molecule has 0 bridgehead atoms. The SMILES string of the molecule is CCOc1ccccc1OCC(=O)NN=Cc1cc(Br)cc(I)c1O. The number of aromatic hydroxyl groups is 1. The second kappa shape index (κ2) is 9.62. The number of benzene rings is 2. The van der Waals surface area contributed by atoms with Crippen LogP contribution in [0.3, 0.4) is 0 Å². The molecule has 0 fully saturated rings. The maximum Gasteiger partial charge on any atom is 0.277 e. The fourth-order valence-electron chi connectivity index (χ4n) is 1.88. The van der Waals surface area contributed by atoms with Gasteiger partial charge in [-0.2, -0.15) is 5.10 Å². The van der Waals surface area contributed by atoms with Gasteiger partial charge >= 0.3 is 0 Å². The summed E-state index contributed by atoms with van der Waals surface area (Å²) in [5.74, 6) is 0.744. The lowest BCUT2D eigenvalue weighted by atomic mass is 10.2. The standard InChI is InChI=1S/C17H16BrIN2O4/c1-2-24-14-5-3-4-6-15(14)25-10-16(22)21-20-9-11-7-12(18)8-13(19)17(11)23/h3-9,23H,2,10H2,1H3,(H,21,22). The Bertz CT molecular complexity index is 783. The minimum absolute atomic E-state index is 0.101. The van der Waals surface area contributed by atoms with Crippen molar-refractivity contribution < 1.29 is 19.4 Å². The quantitative estimate of drug-likeness (QED) is 0.333. The van der Waals surface area contributed by atoms with Crippen LogP contribution < -0.4 is 14.9 Å². The average Bonchev–Trinajstić information content (AvgIpc) is 2.58. The second-order valence-corrected chi connectivity index (χ2v) is 6.86. The van der Waals surface area contributed by atoms with Crippen LogP contribution in [0.2, 0.25) is 0 Å². The number of amides is 1. The Balaban J connectivity index is 1.91. The van der Waals surface area contributed by atoms with Crippen LogP contribution in [0.5, 0.6) is 17.2 Å². The van der Waals surface area contributed by atoms with Crippen LogP contribution >= 0.6 is 38.5 Å². The molecule has 8 heteroatoms. The molecule has 0 saturated carbocycles. The Hall–Kier alpha value is -1.81. The minimum Gasteiger partial charge on any atom is -0.506 e. The van der Waals surface area contributed by atoms with Gasteiger partial charge < -0.3 is 14.6 Å². The first kappa shape index (κ1) is 19.5. The van der Waals surface area contributed by atoms with Gasteiger partial charge in [-0.15, -0.1) is 0 Å². The van der Waals surface area contributed by atoms with E-state index in [0.717, 1.165) is 4.47 Å². The summed E-state index contributed by atoms with van der Waals surface area (Å²) in [5, 5.41) is 13.8. The number of para-hydroxylation sites is 2. The van der Waals surface area contributed by atoms with E-state index in [9.17, 15) is 9.90 Å². The Morgan fingerprint density at radius 3 is 2.68 bits per heavy atom. The van der Waals surface area contributed by atoms with E-state index in [1.807, 2.05) is 35.6 Å². The number of carbonyl (C=O) groups is 1. The number of carbonyl (C=O) groups excluding carboxylic acids is 1. The molecule has 2 N–H and O–H groups in total. The van der Waals surface area contributed by atoms with Crippen molar-refractivity contribution >= 4 is 50.6 Å². The fraction of sp³-hybridized carbons (Fsp3) is 0.176. The van der Waals surface area contributed by atoms with E-state index < -0.39 is 5.91 Å². The maximum absolute atomic E-state index is 11.8. The summed E-state index contributed by atoms with van der Waals surface area (Å²) >= 11 is 5.35. The van der Waals surface area contributed by atoms with E-state index in [2.05, 4.69) is 26.5 Å². The van der Waals surface area contributed by atoms with Crippen LogP contribution in [-0.4, -0.2) is 30.4 Å². The van der Waals surface area contributed by atoms with Crippen molar-refractivity contribution in [2.45, 2.75) is 6.92 Å². The lowest BCUT2D eigenvalue weighted by Gasteiger charge is -2.10. The Morgan fingerprint density at radius 2 is 2.00 bits per heavy atom. The molecule has 0 aromatic heterocycles. The molecule has 0 saturated heterocycles. The van der Waals surface area contributed by atoms with Crippen molar-refractivity contribution in [2.75, 3.05) is 13.2 Å². The predicted octanol–water partition coefficient (Wildman–Crippen LogP) is 3.69. The number of phenols is 1. The van der Waals surface area contributed by atoms with Crippen LogP contribution in [0.25, 0.3) is 0 Å². The summed E-state index contributed by atoms with van der Waals surface area (Å²) in [7, 11) is 0. The molecule has 132 valence electrons. The van der Waals surface area contributed by atoms with E-state index >= 15 is 0 Å². The number of halogens is 2. The highest BCUT2D eigenvalue weighted by atomic mass is 127. The molecule has 1 amide bonds. The molecule has 0 atom stereocenters. The highest BCUT2D eigenvalue weighted by molar-refractivity contribution is 14.1. The first-order valence-corrected chi connectivity index (χ1v) is 9.23. The smallest absolute Gasteiger partial charge is 0.277 e. The van der Waals surface area contributed by atoms with E-state index in [1.54, 1.807) is 30.3 Å². The van der Waals surface area contributed by atoms with Crippen LogP contribution in [0.1, 0.15) is 12.5 Å². The van der Waals surface area contributed by atoms with Gasteiger partial charge in [-0.1, -0.05) is 28.1 Å². The normalized spacial score (nSPS) is 10.7. The van der Waals surface area contributed by atoms with Crippen molar-refractivity contribution in [3.8, 4) is 17.2 Å². The number of rotatable bonds is 7. The number of hydrogen-bond donors (Lipinski definition) is 2. The zero-order chi connectivity index (χ0) is 18.2. The van der Waals surface area contributed by atoms with Crippen molar-refractivity contribution in [3.63, 3.8) is 0 Å². The summed E-state index contributed by atoms with van der Waals surface area (Å²) < 4.78 is 12.4. The summed E-state index contributed by atoms with van der Waals surface area (Å²) in [4.78, 5) is 11.8. The van der Waals surface area contributed by atoms with E-state index in [4.69, 9.17) is 9.47 Å². The molecule has 2 aromatic rings. The molecule has 0 aliphatic rings. The van der Waals surface area contributed by atoms with E-state index in [-0.39, 0.29) is 12.4 Å². The van der Waals surface area contributed by atoms with Crippen LogP contribution in [0.15, 0.2) is 46.0 Å². The Kier molecular flexibility index (Phi) is 7.51. The molecular weight excluding hydrogens is 503 g/mol. The number of hydrogen-bond acceptors (Lipinski definition) is 5. The van der Waals surface area contributed by atoms with E-state index in [1.165, 1.54) is 6.21 Å². The number of hydrazone groups is 1. The van der Waals surface area contributed by atoms with Gasteiger partial charge in [0.15, 0.2) is 18.1 Å². The topological polar surface area (TPSA) is 80.2 Å².